The smallest absolute Gasteiger partial charge is 0.324 e. The van der Waals surface area contributed by atoms with Crippen molar-refractivity contribution in [1.29, 1.82) is 0 Å². The Labute approximate surface area is 111 Å². The first-order valence-corrected chi connectivity index (χ1v) is 6.98. The van der Waals surface area contributed by atoms with Gasteiger partial charge < -0.3 is 10.4 Å². The Hall–Kier alpha value is -0.980. The van der Waals surface area contributed by atoms with Crippen LogP contribution in [0.15, 0.2) is 11.4 Å². The first kappa shape index (κ1) is 15.1. The number of nitro groups is 1. The van der Waals surface area contributed by atoms with E-state index in [9.17, 15) is 15.2 Å². The average molecular weight is 272 g/mol. The van der Waals surface area contributed by atoms with Gasteiger partial charge in [-0.3, -0.25) is 10.1 Å². The molecule has 2 N–H and O–H groups in total. The minimum Gasteiger partial charge on any atom is -0.396 e. The fourth-order valence-electron chi connectivity index (χ4n) is 1.80. The van der Waals surface area contributed by atoms with Crippen molar-refractivity contribution in [3.05, 3.63) is 27.1 Å². The second-order valence-electron chi connectivity index (χ2n) is 4.52. The molecule has 5 nitrogen and oxygen atoms in total. The molecule has 1 aromatic heterocycles. The molecule has 0 amide bonds. The molecular formula is C12H20N2O3S. The highest BCUT2D eigenvalue weighted by atomic mass is 32.1. The molecule has 0 aromatic carbocycles. The van der Waals surface area contributed by atoms with Crippen LogP contribution in [0.5, 0.6) is 0 Å². The molecule has 6 heteroatoms. The molecule has 0 saturated heterocycles. The van der Waals surface area contributed by atoms with Crippen molar-refractivity contribution in [2.45, 2.75) is 33.2 Å². The van der Waals surface area contributed by atoms with Gasteiger partial charge in [0.2, 0.25) is 0 Å². The summed E-state index contributed by atoms with van der Waals surface area (Å²) in [7, 11) is 0. The molecule has 102 valence electrons. The lowest BCUT2D eigenvalue weighted by atomic mass is 9.83. The molecule has 0 fully saturated rings. The van der Waals surface area contributed by atoms with E-state index in [1.54, 1.807) is 11.4 Å². The zero-order chi connectivity index (χ0) is 13.6. The second kappa shape index (κ2) is 6.82. The molecule has 1 rings (SSSR count). The van der Waals surface area contributed by atoms with E-state index in [1.807, 2.05) is 0 Å². The van der Waals surface area contributed by atoms with E-state index in [2.05, 4.69) is 19.2 Å². The van der Waals surface area contributed by atoms with Crippen molar-refractivity contribution in [2.75, 3.05) is 13.2 Å². The Bertz CT molecular complexity index is 380. The Morgan fingerprint density at radius 1 is 1.50 bits per heavy atom. The standard InChI is InChI=1S/C12H20N2O3S/c1-3-12(4-2,9-15)8-13-6-10-5-11(14(16)17)18-7-10/h5,7,13,15H,3-4,6,8-9H2,1-2H3. The van der Waals surface area contributed by atoms with Crippen LogP contribution in [-0.2, 0) is 6.54 Å². The molecular weight excluding hydrogens is 252 g/mol. The maximum absolute atomic E-state index is 10.5. The first-order chi connectivity index (χ1) is 8.56. The van der Waals surface area contributed by atoms with Crippen LogP contribution in [0.25, 0.3) is 0 Å². The minimum atomic E-state index is -0.371. The van der Waals surface area contributed by atoms with Crippen molar-refractivity contribution < 1.29 is 10.0 Å². The molecule has 0 unspecified atom stereocenters. The van der Waals surface area contributed by atoms with Gasteiger partial charge in [0.1, 0.15) is 0 Å². The van der Waals surface area contributed by atoms with E-state index in [-0.39, 0.29) is 21.9 Å². The molecule has 1 heterocycles. The van der Waals surface area contributed by atoms with Crippen molar-refractivity contribution >= 4 is 16.3 Å². The predicted octanol–water partition coefficient (Wildman–Crippen LogP) is 2.54. The highest BCUT2D eigenvalue weighted by molar-refractivity contribution is 7.13. The highest BCUT2D eigenvalue weighted by Crippen LogP contribution is 2.25. The third-order valence-corrected chi connectivity index (χ3v) is 4.41. The quantitative estimate of drug-likeness (QED) is 0.563. The maximum atomic E-state index is 10.5. The van der Waals surface area contributed by atoms with Gasteiger partial charge in [-0.2, -0.15) is 0 Å². The van der Waals surface area contributed by atoms with Gasteiger partial charge in [0.15, 0.2) is 0 Å². The lowest BCUT2D eigenvalue weighted by molar-refractivity contribution is -0.380. The lowest BCUT2D eigenvalue weighted by Crippen LogP contribution is -2.36. The zero-order valence-electron chi connectivity index (χ0n) is 10.8. The Morgan fingerprint density at radius 3 is 2.61 bits per heavy atom. The van der Waals surface area contributed by atoms with E-state index in [0.29, 0.717) is 6.54 Å². The number of nitrogens with one attached hydrogen (secondary N) is 1. The van der Waals surface area contributed by atoms with Crippen LogP contribution in [-0.4, -0.2) is 23.2 Å². The summed E-state index contributed by atoms with van der Waals surface area (Å²) in [4.78, 5) is 10.2. The Balaban J connectivity index is 2.47. The molecule has 18 heavy (non-hydrogen) atoms. The highest BCUT2D eigenvalue weighted by Gasteiger charge is 2.24. The van der Waals surface area contributed by atoms with Crippen molar-refractivity contribution in [3.63, 3.8) is 0 Å². The third kappa shape index (κ3) is 3.76. The molecule has 0 saturated carbocycles. The number of hydrogen-bond donors (Lipinski definition) is 2. The summed E-state index contributed by atoms with van der Waals surface area (Å²) >= 11 is 1.14. The van der Waals surface area contributed by atoms with Crippen LogP contribution in [0, 0.1) is 15.5 Å². The summed E-state index contributed by atoms with van der Waals surface area (Å²) in [5, 5.41) is 25.2. The molecule has 0 aliphatic carbocycles. The normalized spacial score (nSPS) is 11.7. The number of hydrogen-bond acceptors (Lipinski definition) is 5. The molecule has 1 aromatic rings. The fraction of sp³-hybridized carbons (Fsp3) is 0.667. The van der Waals surface area contributed by atoms with Crippen LogP contribution in [0.1, 0.15) is 32.3 Å². The summed E-state index contributed by atoms with van der Waals surface area (Å²) in [5.74, 6) is 0. The number of nitrogens with zero attached hydrogens (tertiary/aromatic N) is 1. The van der Waals surface area contributed by atoms with E-state index in [4.69, 9.17) is 0 Å². The summed E-state index contributed by atoms with van der Waals surface area (Å²) < 4.78 is 0. The Kier molecular flexibility index (Phi) is 5.71. The van der Waals surface area contributed by atoms with E-state index >= 15 is 0 Å². The van der Waals surface area contributed by atoms with Crippen molar-refractivity contribution in [2.24, 2.45) is 5.41 Å². The monoisotopic (exact) mass is 272 g/mol. The van der Waals surface area contributed by atoms with Gasteiger partial charge >= 0.3 is 5.00 Å². The van der Waals surface area contributed by atoms with Gasteiger partial charge in [-0.25, -0.2) is 0 Å². The van der Waals surface area contributed by atoms with Crippen LogP contribution >= 0.6 is 11.3 Å². The van der Waals surface area contributed by atoms with Gasteiger partial charge in [-0.05, 0) is 18.4 Å². The average Bonchev–Trinajstić information content (AvgIpc) is 2.84. The van der Waals surface area contributed by atoms with Crippen molar-refractivity contribution in [3.8, 4) is 0 Å². The molecule has 0 aliphatic rings. The van der Waals surface area contributed by atoms with Crippen LogP contribution < -0.4 is 5.32 Å². The fourth-order valence-corrected chi connectivity index (χ4v) is 2.53. The van der Waals surface area contributed by atoms with Crippen LogP contribution in [0.2, 0.25) is 0 Å². The summed E-state index contributed by atoms with van der Waals surface area (Å²) in [6.07, 6.45) is 1.83. The van der Waals surface area contributed by atoms with E-state index < -0.39 is 0 Å². The van der Waals surface area contributed by atoms with E-state index in [0.717, 1.165) is 36.3 Å². The van der Waals surface area contributed by atoms with Gasteiger partial charge in [-0.15, -0.1) is 0 Å². The Morgan fingerprint density at radius 2 is 2.17 bits per heavy atom. The topological polar surface area (TPSA) is 75.4 Å². The maximum Gasteiger partial charge on any atom is 0.324 e. The first-order valence-electron chi connectivity index (χ1n) is 6.10. The number of thiophene rings is 1. The molecule has 0 aliphatic heterocycles. The minimum absolute atomic E-state index is 0.0814. The molecule has 0 spiro atoms. The van der Waals surface area contributed by atoms with Gasteiger partial charge in [0.25, 0.3) is 0 Å². The second-order valence-corrected chi connectivity index (χ2v) is 5.41. The third-order valence-electron chi connectivity index (χ3n) is 3.48. The van der Waals surface area contributed by atoms with Crippen LogP contribution in [0.4, 0.5) is 5.00 Å². The number of aliphatic hydroxyl groups excluding tert-OH is 1. The summed E-state index contributed by atoms with van der Waals surface area (Å²) in [6.45, 7) is 5.62. The van der Waals surface area contributed by atoms with E-state index in [1.165, 1.54) is 0 Å². The molecule has 0 radical (unpaired) electrons. The summed E-state index contributed by atoms with van der Waals surface area (Å²) in [5.41, 5.74) is 0.841. The lowest BCUT2D eigenvalue weighted by Gasteiger charge is -2.29. The number of rotatable bonds is 8. The van der Waals surface area contributed by atoms with Crippen molar-refractivity contribution in [1.82, 2.24) is 5.32 Å². The molecule has 0 atom stereocenters. The summed E-state index contributed by atoms with van der Waals surface area (Å²) in [6, 6.07) is 1.59. The van der Waals surface area contributed by atoms with Gasteiger partial charge in [0.05, 0.1) is 4.92 Å². The largest absolute Gasteiger partial charge is 0.396 e. The SMILES string of the molecule is CCC(CC)(CO)CNCc1csc([N+](=O)[O-])c1. The van der Waals surface area contributed by atoms with Crippen LogP contribution in [0.3, 0.4) is 0 Å². The number of aliphatic hydroxyl groups is 1. The van der Waals surface area contributed by atoms with Gasteiger partial charge in [0, 0.05) is 36.6 Å². The predicted molar refractivity (Wildman–Crippen MR) is 72.8 cm³/mol. The molecule has 0 bridgehead atoms. The van der Waals surface area contributed by atoms with Gasteiger partial charge in [-0.1, -0.05) is 25.2 Å². The zero-order valence-corrected chi connectivity index (χ0v) is 11.6.